The molecule has 1 aromatic heterocycles. The Balaban J connectivity index is 0.00000241. The summed E-state index contributed by atoms with van der Waals surface area (Å²) in [4.78, 5) is 14.1. The van der Waals surface area contributed by atoms with Crippen molar-refractivity contribution in [1.29, 1.82) is 0 Å². The summed E-state index contributed by atoms with van der Waals surface area (Å²) in [5.41, 5.74) is 4.88. The molecule has 10 heteroatoms. The second-order valence-electron chi connectivity index (χ2n) is 8.45. The molecule has 7 nitrogen and oxygen atoms in total. The molecule has 0 bridgehead atoms. The highest BCUT2D eigenvalue weighted by Gasteiger charge is 2.13. The second kappa shape index (κ2) is 15.0. The van der Waals surface area contributed by atoms with Gasteiger partial charge >= 0.3 is 4.87 Å². The fraction of sp³-hybridized carbons (Fsp3) is 0.296. The van der Waals surface area contributed by atoms with Crippen LogP contribution in [0.3, 0.4) is 0 Å². The number of thiazole rings is 1. The Bertz CT molecular complexity index is 1330. The van der Waals surface area contributed by atoms with Crippen LogP contribution in [0, 0.1) is 0 Å². The van der Waals surface area contributed by atoms with Gasteiger partial charge in [-0.3, -0.25) is 10.1 Å². The lowest BCUT2D eigenvalue weighted by Gasteiger charge is -2.14. The molecule has 0 radical (unpaired) electrons. The minimum atomic E-state index is -0.748. The quantitative estimate of drug-likeness (QED) is 0.130. The van der Waals surface area contributed by atoms with E-state index >= 15 is 0 Å². The van der Waals surface area contributed by atoms with Crippen molar-refractivity contribution >= 4 is 46.4 Å². The van der Waals surface area contributed by atoms with Crippen molar-refractivity contribution in [2.45, 2.75) is 32.0 Å². The molecule has 0 amide bonds. The third kappa shape index (κ3) is 8.46. The van der Waals surface area contributed by atoms with Crippen LogP contribution in [0.5, 0.6) is 11.5 Å². The van der Waals surface area contributed by atoms with Crippen LogP contribution in [-0.2, 0) is 25.8 Å². The van der Waals surface area contributed by atoms with Crippen molar-refractivity contribution < 1.29 is 14.9 Å². The molecule has 3 aromatic carbocycles. The number of aromatic hydroxyl groups is 1. The van der Waals surface area contributed by atoms with Gasteiger partial charge < -0.3 is 25.3 Å². The number of benzene rings is 3. The lowest BCUT2D eigenvalue weighted by molar-refractivity contribution is 0.138. The summed E-state index contributed by atoms with van der Waals surface area (Å²) in [6.07, 6.45) is 1.32. The minimum Gasteiger partial charge on any atom is -0.506 e. The summed E-state index contributed by atoms with van der Waals surface area (Å²) in [5, 5.41) is 27.0. The normalized spacial score (nSPS) is 11.5. The molecule has 0 aliphatic rings. The van der Waals surface area contributed by atoms with Crippen LogP contribution in [0.1, 0.15) is 22.3 Å². The molecule has 1 unspecified atom stereocenters. The van der Waals surface area contributed by atoms with E-state index in [2.05, 4.69) is 45.9 Å². The molecule has 0 aliphatic heterocycles. The molecule has 1 atom stereocenters. The van der Waals surface area contributed by atoms with Gasteiger partial charge in [0, 0.05) is 25.1 Å². The van der Waals surface area contributed by atoms with Gasteiger partial charge in [0.2, 0.25) is 0 Å². The molecule has 0 saturated carbocycles. The summed E-state index contributed by atoms with van der Waals surface area (Å²) >= 11 is 1.04. The van der Waals surface area contributed by atoms with Crippen LogP contribution >= 0.6 is 36.2 Å². The van der Waals surface area contributed by atoms with Crippen LogP contribution < -0.4 is 20.2 Å². The van der Waals surface area contributed by atoms with Gasteiger partial charge in [-0.1, -0.05) is 59.9 Å². The molecule has 1 heterocycles. The molecule has 0 saturated heterocycles. The summed E-state index contributed by atoms with van der Waals surface area (Å²) in [6, 6.07) is 19.8. The van der Waals surface area contributed by atoms with Gasteiger partial charge in [0.15, 0.2) is 0 Å². The van der Waals surface area contributed by atoms with Gasteiger partial charge in [0.1, 0.15) is 23.2 Å². The number of aromatic nitrogens is 1. The summed E-state index contributed by atoms with van der Waals surface area (Å²) < 4.78 is 6.08. The first kappa shape index (κ1) is 30.6. The maximum Gasteiger partial charge on any atom is 0.305 e. The maximum atomic E-state index is 11.7. The Labute approximate surface area is 232 Å². The minimum absolute atomic E-state index is 0. The molecular weight excluding hydrogens is 533 g/mol. The molecule has 5 N–H and O–H groups in total. The standard InChI is InChI=1S/C27H31N3O4S.2ClH/c1-34-23-8-3-2-7-21(23)17-28-13-11-18-5-4-6-19(15-18)12-14-29-24(32)16-20-9-10-22(31)25-26(20)35-27(33)30-25;;/h2-10,15,24,28-29,31-32H,11-14,16-17H2,1H3,(H,30,33);2*1H. The number of ether oxygens (including phenoxy) is 1. The number of para-hydroxylation sites is 1. The molecule has 0 fully saturated rings. The molecule has 4 rings (SSSR count). The average molecular weight is 567 g/mol. The molecule has 200 valence electrons. The first-order valence-corrected chi connectivity index (χ1v) is 12.5. The Morgan fingerprint density at radius 1 is 0.973 bits per heavy atom. The Hall–Kier alpha value is -2.59. The van der Waals surface area contributed by atoms with E-state index in [9.17, 15) is 15.0 Å². The lowest BCUT2D eigenvalue weighted by atomic mass is 10.1. The number of rotatable bonds is 12. The van der Waals surface area contributed by atoms with Gasteiger partial charge in [0.25, 0.3) is 0 Å². The van der Waals surface area contributed by atoms with E-state index in [4.69, 9.17) is 4.74 Å². The van der Waals surface area contributed by atoms with Gasteiger partial charge in [-0.05, 0) is 48.2 Å². The van der Waals surface area contributed by atoms with E-state index in [1.807, 2.05) is 18.2 Å². The maximum absolute atomic E-state index is 11.7. The molecule has 0 spiro atoms. The van der Waals surface area contributed by atoms with Gasteiger partial charge in [-0.2, -0.15) is 0 Å². The number of fused-ring (bicyclic) bond motifs is 1. The molecular formula is C27H33Cl2N3O4S. The third-order valence-corrected chi connectivity index (χ3v) is 6.89. The number of phenols is 1. The second-order valence-corrected chi connectivity index (χ2v) is 9.43. The van der Waals surface area contributed by atoms with Gasteiger partial charge in [-0.15, -0.1) is 24.8 Å². The summed E-state index contributed by atoms with van der Waals surface area (Å²) in [7, 11) is 1.69. The number of nitrogens with one attached hydrogen (secondary N) is 3. The van der Waals surface area contributed by atoms with E-state index in [1.165, 1.54) is 11.1 Å². The van der Waals surface area contributed by atoms with Crippen LogP contribution in [0.4, 0.5) is 0 Å². The number of hydrogen-bond donors (Lipinski definition) is 5. The monoisotopic (exact) mass is 565 g/mol. The average Bonchev–Trinajstić information content (AvgIpc) is 3.27. The van der Waals surface area contributed by atoms with Crippen LogP contribution in [0.25, 0.3) is 10.2 Å². The van der Waals surface area contributed by atoms with Gasteiger partial charge in [-0.25, -0.2) is 0 Å². The largest absolute Gasteiger partial charge is 0.506 e. The highest BCUT2D eigenvalue weighted by Crippen LogP contribution is 2.28. The highest BCUT2D eigenvalue weighted by atomic mass is 35.5. The fourth-order valence-electron chi connectivity index (χ4n) is 4.14. The first-order valence-electron chi connectivity index (χ1n) is 11.7. The topological polar surface area (TPSA) is 107 Å². The number of H-pyrrole nitrogens is 1. The Kier molecular flexibility index (Phi) is 12.4. The van der Waals surface area contributed by atoms with Crippen molar-refractivity contribution in [3.63, 3.8) is 0 Å². The highest BCUT2D eigenvalue weighted by molar-refractivity contribution is 7.16. The number of halogens is 2. The Morgan fingerprint density at radius 3 is 2.46 bits per heavy atom. The van der Waals surface area contributed by atoms with Crippen LogP contribution in [0.2, 0.25) is 0 Å². The Morgan fingerprint density at radius 2 is 1.70 bits per heavy atom. The molecule has 37 heavy (non-hydrogen) atoms. The predicted octanol–water partition coefficient (Wildman–Crippen LogP) is 4.17. The summed E-state index contributed by atoms with van der Waals surface area (Å²) in [5.74, 6) is 0.940. The van der Waals surface area contributed by atoms with E-state index in [1.54, 1.807) is 19.2 Å². The van der Waals surface area contributed by atoms with E-state index in [0.29, 0.717) is 23.2 Å². The van der Waals surface area contributed by atoms with E-state index < -0.39 is 6.23 Å². The van der Waals surface area contributed by atoms with Crippen molar-refractivity contribution in [1.82, 2.24) is 15.6 Å². The zero-order valence-electron chi connectivity index (χ0n) is 20.5. The van der Waals surface area contributed by atoms with Gasteiger partial charge in [0.05, 0.1) is 11.8 Å². The van der Waals surface area contributed by atoms with Crippen molar-refractivity contribution in [3.8, 4) is 11.5 Å². The summed E-state index contributed by atoms with van der Waals surface area (Å²) in [6.45, 7) is 2.25. The fourth-order valence-corrected chi connectivity index (χ4v) is 5.02. The van der Waals surface area contributed by atoms with Crippen molar-refractivity contribution in [2.75, 3.05) is 20.2 Å². The zero-order valence-corrected chi connectivity index (χ0v) is 23.0. The SMILES string of the molecule is COc1ccccc1CNCCc1cccc(CCNC(O)Cc2ccc(O)c3[nH]c(=O)sc23)c1.Cl.Cl. The molecule has 0 aliphatic carbocycles. The zero-order chi connectivity index (χ0) is 24.6. The number of hydrogen-bond acceptors (Lipinski definition) is 7. The number of aliphatic hydroxyl groups excluding tert-OH is 1. The number of phenolic OH excluding ortho intramolecular Hbond substituents is 1. The van der Waals surface area contributed by atoms with Crippen molar-refractivity contribution in [3.05, 3.63) is 92.6 Å². The number of methoxy groups -OCH3 is 1. The lowest BCUT2D eigenvalue weighted by Crippen LogP contribution is -2.32. The smallest absolute Gasteiger partial charge is 0.305 e. The number of aromatic amines is 1. The van der Waals surface area contributed by atoms with Crippen LogP contribution in [0.15, 0.2) is 65.5 Å². The van der Waals surface area contributed by atoms with Crippen molar-refractivity contribution in [2.24, 2.45) is 0 Å². The molecule has 4 aromatic rings. The third-order valence-electron chi connectivity index (χ3n) is 5.94. The number of aliphatic hydroxyl groups is 1. The van der Waals surface area contributed by atoms with E-state index in [-0.39, 0.29) is 35.4 Å². The predicted molar refractivity (Wildman–Crippen MR) is 155 cm³/mol. The van der Waals surface area contributed by atoms with E-state index in [0.717, 1.165) is 54.1 Å². The first-order chi connectivity index (χ1) is 17.0. The van der Waals surface area contributed by atoms with Crippen LogP contribution in [-0.4, -0.2) is 41.6 Å².